The molecule has 4 heterocycles. The van der Waals surface area contributed by atoms with Crippen molar-refractivity contribution in [1.82, 2.24) is 29.2 Å². The zero-order valence-corrected chi connectivity index (χ0v) is 28.0. The van der Waals surface area contributed by atoms with Crippen LogP contribution in [0, 0.1) is 18.6 Å². The van der Waals surface area contributed by atoms with Crippen molar-refractivity contribution in [3.63, 3.8) is 0 Å². The Morgan fingerprint density at radius 3 is 2.48 bits per heavy atom. The van der Waals surface area contributed by atoms with Crippen LogP contribution in [0.2, 0.25) is 0 Å². The molecule has 0 spiro atoms. The molecule has 0 atom stereocenters. The third-order valence-corrected chi connectivity index (χ3v) is 9.03. The van der Waals surface area contributed by atoms with E-state index in [-0.39, 0.29) is 11.3 Å². The van der Waals surface area contributed by atoms with Crippen LogP contribution in [0.4, 0.5) is 26.1 Å². The van der Waals surface area contributed by atoms with Crippen molar-refractivity contribution in [2.24, 2.45) is 0 Å². The maximum Gasteiger partial charge on any atom is 0.259 e. The van der Waals surface area contributed by atoms with Crippen LogP contribution in [0.1, 0.15) is 21.5 Å². The highest BCUT2D eigenvalue weighted by atomic mass is 19.1. The fraction of sp³-hybridized carbons (Fsp3) is 0.211. The van der Waals surface area contributed by atoms with Gasteiger partial charge in [0.25, 0.3) is 5.91 Å². The van der Waals surface area contributed by atoms with Crippen LogP contribution in [-0.4, -0.2) is 75.4 Å². The van der Waals surface area contributed by atoms with E-state index in [1.807, 2.05) is 40.9 Å². The van der Waals surface area contributed by atoms with Crippen molar-refractivity contribution in [3.8, 4) is 28.4 Å². The lowest BCUT2D eigenvalue weighted by Crippen LogP contribution is -2.43. The summed E-state index contributed by atoms with van der Waals surface area (Å²) in [5, 5.41) is 5.79. The van der Waals surface area contributed by atoms with Gasteiger partial charge in [0, 0.05) is 56.4 Å². The average molecular weight is 675 g/mol. The largest absolute Gasteiger partial charge is 0.496 e. The van der Waals surface area contributed by atoms with Gasteiger partial charge < -0.3 is 20.3 Å². The molecule has 254 valence electrons. The number of para-hydroxylation sites is 1. The first-order chi connectivity index (χ1) is 24.3. The molecule has 3 aromatic heterocycles. The number of carbonyl (C=O) groups excluding carboxylic acids is 1. The number of pyridine rings is 1. The molecule has 1 aliphatic rings. The van der Waals surface area contributed by atoms with Gasteiger partial charge >= 0.3 is 0 Å². The van der Waals surface area contributed by atoms with Gasteiger partial charge in [-0.2, -0.15) is 0 Å². The first kappa shape index (κ1) is 32.8. The first-order valence-electron chi connectivity index (χ1n) is 16.3. The number of imidazole rings is 1. The molecular formula is C38H36F2N8O2. The molecule has 3 aromatic carbocycles. The number of rotatable bonds is 9. The standard InChI is InChI=1S/C38H36F2N8O2/c1-24-26(23-47-20-18-46(2)19-21-47)8-6-11-30(24)42-38-41-16-15-31(43-38)36-34(44-33-12-4-5-17-48(33)36)25-13-14-32(50-3)27(22-25)37(49)45-35-28(39)9-7-10-29(35)40/h4-17,22H,18-21,23H2,1-3H3,(H,45,49)(H,41,42,43). The summed E-state index contributed by atoms with van der Waals surface area (Å²) in [7, 11) is 3.58. The minimum absolute atomic E-state index is 0.0765. The first-order valence-corrected chi connectivity index (χ1v) is 16.3. The van der Waals surface area contributed by atoms with E-state index in [1.54, 1.807) is 30.5 Å². The number of amides is 1. The minimum Gasteiger partial charge on any atom is -0.496 e. The van der Waals surface area contributed by atoms with Gasteiger partial charge in [0.1, 0.15) is 28.7 Å². The van der Waals surface area contributed by atoms with Gasteiger partial charge in [-0.05, 0) is 79.7 Å². The van der Waals surface area contributed by atoms with Crippen LogP contribution in [0.15, 0.2) is 91.3 Å². The predicted molar refractivity (Wildman–Crippen MR) is 190 cm³/mol. The summed E-state index contributed by atoms with van der Waals surface area (Å²) in [6.45, 7) is 7.16. The van der Waals surface area contributed by atoms with Crippen LogP contribution >= 0.6 is 0 Å². The zero-order valence-electron chi connectivity index (χ0n) is 28.0. The minimum atomic E-state index is -0.888. The molecule has 0 aliphatic carbocycles. The van der Waals surface area contributed by atoms with Gasteiger partial charge in [-0.15, -0.1) is 0 Å². The van der Waals surface area contributed by atoms with Crippen molar-refractivity contribution < 1.29 is 18.3 Å². The fourth-order valence-electron chi connectivity index (χ4n) is 6.18. The molecule has 2 N–H and O–H groups in total. The molecule has 0 bridgehead atoms. The topological polar surface area (TPSA) is 99.9 Å². The Balaban J connectivity index is 1.23. The number of nitrogens with one attached hydrogen (secondary N) is 2. The highest BCUT2D eigenvalue weighted by molar-refractivity contribution is 6.07. The number of piperazine rings is 1. The number of nitrogens with zero attached hydrogens (tertiary/aromatic N) is 6. The number of hydrogen-bond acceptors (Lipinski definition) is 8. The third-order valence-electron chi connectivity index (χ3n) is 9.03. The zero-order chi connectivity index (χ0) is 34.8. The Kier molecular flexibility index (Phi) is 9.20. The van der Waals surface area contributed by atoms with Gasteiger partial charge in [-0.1, -0.05) is 24.3 Å². The predicted octanol–water partition coefficient (Wildman–Crippen LogP) is 6.80. The second-order valence-electron chi connectivity index (χ2n) is 12.3. The van der Waals surface area contributed by atoms with Gasteiger partial charge in [0.05, 0.1) is 29.8 Å². The molecule has 0 saturated carbocycles. The highest BCUT2D eigenvalue weighted by Crippen LogP contribution is 2.35. The Hall–Kier alpha value is -5.72. The normalized spacial score (nSPS) is 13.8. The second-order valence-corrected chi connectivity index (χ2v) is 12.3. The second kappa shape index (κ2) is 14.0. The summed E-state index contributed by atoms with van der Waals surface area (Å²) < 4.78 is 36.2. The lowest BCUT2D eigenvalue weighted by atomic mass is 10.0. The molecule has 1 aliphatic heterocycles. The van der Waals surface area contributed by atoms with Gasteiger partial charge in [-0.3, -0.25) is 14.1 Å². The molecule has 0 radical (unpaired) electrons. The van der Waals surface area contributed by atoms with E-state index in [4.69, 9.17) is 14.7 Å². The number of benzene rings is 3. The molecular weight excluding hydrogens is 638 g/mol. The number of halogens is 2. The summed E-state index contributed by atoms with van der Waals surface area (Å²) in [5.74, 6) is -1.87. The SMILES string of the molecule is COc1ccc(-c2nc3ccccn3c2-c2ccnc(Nc3cccc(CN4CCN(C)CC4)c3C)n2)cc1C(=O)Nc1c(F)cccc1F. The number of fused-ring (bicyclic) bond motifs is 1. The molecule has 0 unspecified atom stereocenters. The summed E-state index contributed by atoms with van der Waals surface area (Å²) in [5.41, 5.74) is 5.88. The van der Waals surface area contributed by atoms with Crippen LogP contribution < -0.4 is 15.4 Å². The molecule has 12 heteroatoms. The number of methoxy groups -OCH3 is 1. The molecule has 7 rings (SSSR count). The average Bonchev–Trinajstić information content (AvgIpc) is 3.52. The van der Waals surface area contributed by atoms with E-state index < -0.39 is 23.2 Å². The molecule has 50 heavy (non-hydrogen) atoms. The van der Waals surface area contributed by atoms with E-state index in [0.717, 1.165) is 56.1 Å². The molecule has 6 aromatic rings. The summed E-state index contributed by atoms with van der Waals surface area (Å²) in [6, 6.07) is 22.1. The molecule has 1 fully saturated rings. The Labute approximate surface area is 288 Å². The summed E-state index contributed by atoms with van der Waals surface area (Å²) in [6.07, 6.45) is 3.58. The van der Waals surface area contributed by atoms with E-state index in [1.165, 1.54) is 18.7 Å². The maximum atomic E-state index is 14.4. The number of aromatic nitrogens is 4. The molecule has 1 saturated heterocycles. The Morgan fingerprint density at radius 1 is 0.920 bits per heavy atom. The number of ether oxygens (including phenoxy) is 1. The third kappa shape index (κ3) is 6.63. The van der Waals surface area contributed by atoms with Gasteiger partial charge in [0.15, 0.2) is 0 Å². The van der Waals surface area contributed by atoms with E-state index in [9.17, 15) is 13.6 Å². The van der Waals surface area contributed by atoms with Gasteiger partial charge in [0.2, 0.25) is 5.95 Å². The van der Waals surface area contributed by atoms with Crippen LogP contribution in [0.5, 0.6) is 5.75 Å². The van der Waals surface area contributed by atoms with Crippen molar-refractivity contribution in [3.05, 3.63) is 120 Å². The smallest absolute Gasteiger partial charge is 0.259 e. The Bertz CT molecular complexity index is 2180. The van der Waals surface area contributed by atoms with Crippen molar-refractivity contribution >= 4 is 28.9 Å². The lowest BCUT2D eigenvalue weighted by Gasteiger charge is -2.32. The van der Waals surface area contributed by atoms with Crippen molar-refractivity contribution in [2.75, 3.05) is 51.0 Å². The summed E-state index contributed by atoms with van der Waals surface area (Å²) >= 11 is 0. The maximum absolute atomic E-state index is 14.4. The lowest BCUT2D eigenvalue weighted by molar-refractivity contribution is 0.102. The van der Waals surface area contributed by atoms with Gasteiger partial charge in [-0.25, -0.2) is 23.7 Å². The monoisotopic (exact) mass is 674 g/mol. The Morgan fingerprint density at radius 2 is 1.70 bits per heavy atom. The highest BCUT2D eigenvalue weighted by Gasteiger charge is 2.23. The quantitative estimate of drug-likeness (QED) is 0.173. The number of hydrogen-bond donors (Lipinski definition) is 2. The van der Waals surface area contributed by atoms with Crippen LogP contribution in [0.3, 0.4) is 0 Å². The van der Waals surface area contributed by atoms with Crippen molar-refractivity contribution in [2.45, 2.75) is 13.5 Å². The summed E-state index contributed by atoms with van der Waals surface area (Å²) in [4.78, 5) is 32.6. The molecule has 10 nitrogen and oxygen atoms in total. The number of carbonyl (C=O) groups is 1. The van der Waals surface area contributed by atoms with Crippen LogP contribution in [-0.2, 0) is 6.54 Å². The molecule has 1 amide bonds. The fourth-order valence-corrected chi connectivity index (χ4v) is 6.18. The number of likely N-dealkylation sites (N-methyl/N-ethyl adjacent to an activating group) is 1. The van der Waals surface area contributed by atoms with Crippen molar-refractivity contribution in [1.29, 1.82) is 0 Å². The number of anilines is 3. The van der Waals surface area contributed by atoms with E-state index in [2.05, 4.69) is 45.5 Å². The van der Waals surface area contributed by atoms with E-state index >= 15 is 0 Å². The van der Waals surface area contributed by atoms with Crippen LogP contribution in [0.25, 0.3) is 28.3 Å². The van der Waals surface area contributed by atoms with E-state index in [0.29, 0.717) is 34.2 Å².